The molecule has 0 amide bonds. The molecule has 0 fully saturated rings. The fourth-order valence-electron chi connectivity index (χ4n) is 1.21. The summed E-state index contributed by atoms with van der Waals surface area (Å²) in [4.78, 5) is 0. The third-order valence-electron chi connectivity index (χ3n) is 1.99. The Bertz CT molecular complexity index is 290. The Hall–Kier alpha value is -1.16. The monoisotopic (exact) mass is 214 g/mol. The third kappa shape index (κ3) is 4.74. The molecule has 1 rings (SSSR count). The van der Waals surface area contributed by atoms with E-state index >= 15 is 0 Å². The quantitative estimate of drug-likeness (QED) is 0.789. The highest BCUT2D eigenvalue weighted by atomic mass is 19.3. The molecule has 0 spiro atoms. The minimum Gasteiger partial charge on any atom is -0.379 e. The Kier molecular flexibility index (Phi) is 4.03. The van der Waals surface area contributed by atoms with E-state index in [-0.39, 0.29) is 6.54 Å². The molecule has 2 nitrogen and oxygen atoms in total. The molecular weight excluding hydrogens is 198 g/mol. The lowest BCUT2D eigenvalue weighted by Crippen LogP contribution is -2.22. The topological polar surface area (TPSA) is 38.0 Å². The average Bonchev–Trinajstić information content (AvgIpc) is 2.16. The van der Waals surface area contributed by atoms with Crippen molar-refractivity contribution >= 4 is 5.69 Å². The summed E-state index contributed by atoms with van der Waals surface area (Å²) in [7, 11) is 0. The number of hydrogen-bond donors (Lipinski definition) is 2. The maximum absolute atomic E-state index is 12.5. The fraction of sp³-hybridized carbons (Fsp3) is 0.455. The van der Waals surface area contributed by atoms with Crippen LogP contribution in [-0.2, 0) is 6.42 Å². The van der Waals surface area contributed by atoms with Crippen molar-refractivity contribution in [1.82, 2.24) is 0 Å². The van der Waals surface area contributed by atoms with Crippen LogP contribution in [0.15, 0.2) is 24.3 Å². The van der Waals surface area contributed by atoms with Crippen molar-refractivity contribution in [2.75, 3.05) is 18.4 Å². The first-order valence-electron chi connectivity index (χ1n) is 4.92. The van der Waals surface area contributed by atoms with Gasteiger partial charge in [-0.2, -0.15) is 0 Å². The van der Waals surface area contributed by atoms with E-state index < -0.39 is 5.92 Å². The van der Waals surface area contributed by atoms with Crippen LogP contribution in [0.5, 0.6) is 0 Å². The molecule has 0 aromatic heterocycles. The summed E-state index contributed by atoms with van der Waals surface area (Å²) in [6, 6.07) is 7.36. The van der Waals surface area contributed by atoms with E-state index in [2.05, 4.69) is 5.32 Å². The number of nitrogens with one attached hydrogen (secondary N) is 1. The molecule has 0 atom stereocenters. The Morgan fingerprint density at radius 3 is 2.33 bits per heavy atom. The molecule has 1 aromatic carbocycles. The molecule has 0 aliphatic rings. The van der Waals surface area contributed by atoms with Crippen LogP contribution in [0.25, 0.3) is 0 Å². The molecule has 0 radical (unpaired) electrons. The van der Waals surface area contributed by atoms with E-state index in [9.17, 15) is 8.78 Å². The summed E-state index contributed by atoms with van der Waals surface area (Å²) in [5.74, 6) is -2.68. The van der Waals surface area contributed by atoms with Gasteiger partial charge in [0.05, 0.1) is 6.54 Å². The van der Waals surface area contributed by atoms with Gasteiger partial charge in [0.2, 0.25) is 0 Å². The summed E-state index contributed by atoms with van der Waals surface area (Å²) in [5.41, 5.74) is 7.22. The zero-order chi connectivity index (χ0) is 11.3. The molecule has 0 unspecified atom stereocenters. The van der Waals surface area contributed by atoms with Gasteiger partial charge in [0, 0.05) is 12.6 Å². The van der Waals surface area contributed by atoms with Crippen LogP contribution < -0.4 is 11.1 Å². The predicted molar refractivity (Wildman–Crippen MR) is 58.3 cm³/mol. The standard InChI is InChI=1S/C11H16F2N2/c1-11(12,13)8-15-10-4-2-9(3-5-10)6-7-14/h2-5,15H,6-8,14H2,1H3. The number of halogens is 2. The van der Waals surface area contributed by atoms with Gasteiger partial charge < -0.3 is 11.1 Å². The predicted octanol–water partition coefficient (Wildman–Crippen LogP) is 2.25. The van der Waals surface area contributed by atoms with Gasteiger partial charge in [-0.1, -0.05) is 12.1 Å². The lowest BCUT2D eigenvalue weighted by molar-refractivity contribution is 0.0368. The SMILES string of the molecule is CC(F)(F)CNc1ccc(CCN)cc1. The van der Waals surface area contributed by atoms with Crippen LogP contribution in [-0.4, -0.2) is 19.0 Å². The zero-order valence-electron chi connectivity index (χ0n) is 8.76. The van der Waals surface area contributed by atoms with Gasteiger partial charge in [-0.05, 0) is 30.7 Å². The molecule has 3 N–H and O–H groups in total. The van der Waals surface area contributed by atoms with Crippen molar-refractivity contribution in [2.45, 2.75) is 19.3 Å². The van der Waals surface area contributed by atoms with Crippen molar-refractivity contribution in [3.63, 3.8) is 0 Å². The van der Waals surface area contributed by atoms with E-state index in [0.29, 0.717) is 12.2 Å². The average molecular weight is 214 g/mol. The van der Waals surface area contributed by atoms with Crippen molar-refractivity contribution in [3.05, 3.63) is 29.8 Å². The maximum Gasteiger partial charge on any atom is 0.262 e. The summed E-state index contributed by atoms with van der Waals surface area (Å²) < 4.78 is 25.1. The van der Waals surface area contributed by atoms with Crippen LogP contribution >= 0.6 is 0 Å². The smallest absolute Gasteiger partial charge is 0.262 e. The van der Waals surface area contributed by atoms with Crippen molar-refractivity contribution in [3.8, 4) is 0 Å². The number of anilines is 1. The Balaban J connectivity index is 2.50. The first kappa shape index (κ1) is 11.9. The summed E-state index contributed by atoms with van der Waals surface area (Å²) in [6.07, 6.45) is 0.810. The van der Waals surface area contributed by atoms with Gasteiger partial charge >= 0.3 is 0 Å². The van der Waals surface area contributed by atoms with E-state index in [1.165, 1.54) is 0 Å². The highest BCUT2D eigenvalue weighted by Gasteiger charge is 2.19. The van der Waals surface area contributed by atoms with Crippen LogP contribution in [0, 0.1) is 0 Å². The molecule has 15 heavy (non-hydrogen) atoms. The van der Waals surface area contributed by atoms with Gasteiger partial charge in [-0.15, -0.1) is 0 Å². The molecule has 0 aliphatic heterocycles. The van der Waals surface area contributed by atoms with Crippen LogP contribution in [0.2, 0.25) is 0 Å². The number of alkyl halides is 2. The first-order valence-corrected chi connectivity index (χ1v) is 4.92. The van der Waals surface area contributed by atoms with Gasteiger partial charge in [-0.3, -0.25) is 0 Å². The summed E-state index contributed by atoms with van der Waals surface area (Å²) in [6.45, 7) is 1.14. The van der Waals surface area contributed by atoms with Crippen molar-refractivity contribution in [2.24, 2.45) is 5.73 Å². The minimum absolute atomic E-state index is 0.344. The second-order valence-electron chi connectivity index (χ2n) is 3.66. The number of rotatable bonds is 5. The van der Waals surface area contributed by atoms with Crippen molar-refractivity contribution in [1.29, 1.82) is 0 Å². The maximum atomic E-state index is 12.5. The van der Waals surface area contributed by atoms with E-state index in [4.69, 9.17) is 5.73 Å². The molecule has 0 saturated carbocycles. The molecule has 0 saturated heterocycles. The molecule has 0 bridgehead atoms. The number of hydrogen-bond acceptors (Lipinski definition) is 2. The third-order valence-corrected chi connectivity index (χ3v) is 1.99. The number of nitrogens with two attached hydrogens (primary N) is 1. The van der Waals surface area contributed by atoms with Crippen LogP contribution in [0.1, 0.15) is 12.5 Å². The van der Waals surface area contributed by atoms with Crippen molar-refractivity contribution < 1.29 is 8.78 Å². The second-order valence-corrected chi connectivity index (χ2v) is 3.66. The van der Waals surface area contributed by atoms with Gasteiger partial charge in [0.15, 0.2) is 0 Å². The minimum atomic E-state index is -2.68. The molecular formula is C11H16F2N2. The summed E-state index contributed by atoms with van der Waals surface area (Å²) >= 11 is 0. The Morgan fingerprint density at radius 1 is 1.27 bits per heavy atom. The Labute approximate surface area is 88.5 Å². The molecule has 1 aromatic rings. The highest BCUT2D eigenvalue weighted by molar-refractivity contribution is 5.44. The fourth-order valence-corrected chi connectivity index (χ4v) is 1.21. The van der Waals surface area contributed by atoms with Gasteiger partial charge in [-0.25, -0.2) is 8.78 Å². The lowest BCUT2D eigenvalue weighted by atomic mass is 10.1. The lowest BCUT2D eigenvalue weighted by Gasteiger charge is -2.12. The van der Waals surface area contributed by atoms with E-state index in [0.717, 1.165) is 18.9 Å². The molecule has 4 heteroatoms. The largest absolute Gasteiger partial charge is 0.379 e. The molecule has 84 valence electrons. The first-order chi connectivity index (χ1) is 7.01. The van der Waals surface area contributed by atoms with E-state index in [1.807, 2.05) is 12.1 Å². The molecule has 0 aliphatic carbocycles. The van der Waals surface area contributed by atoms with Gasteiger partial charge in [0.25, 0.3) is 5.92 Å². The normalized spacial score (nSPS) is 11.5. The zero-order valence-corrected chi connectivity index (χ0v) is 8.76. The second kappa shape index (κ2) is 5.07. The highest BCUT2D eigenvalue weighted by Crippen LogP contribution is 2.15. The van der Waals surface area contributed by atoms with Crippen LogP contribution in [0.3, 0.4) is 0 Å². The molecule has 0 heterocycles. The van der Waals surface area contributed by atoms with Gasteiger partial charge in [0.1, 0.15) is 0 Å². The Morgan fingerprint density at radius 2 is 1.87 bits per heavy atom. The summed E-state index contributed by atoms with van der Waals surface area (Å²) in [5, 5.41) is 2.67. The van der Waals surface area contributed by atoms with E-state index in [1.54, 1.807) is 12.1 Å². The number of benzene rings is 1. The van der Waals surface area contributed by atoms with Crippen LogP contribution in [0.4, 0.5) is 14.5 Å².